The van der Waals surface area contributed by atoms with E-state index in [9.17, 15) is 0 Å². The second kappa shape index (κ2) is 6.53. The zero-order valence-corrected chi connectivity index (χ0v) is 14.1. The van der Waals surface area contributed by atoms with Crippen LogP contribution >= 0.6 is 22.9 Å². The summed E-state index contributed by atoms with van der Waals surface area (Å²) in [5, 5.41) is 4.92. The Labute approximate surface area is 143 Å². The minimum atomic E-state index is 0.0467. The van der Waals surface area contributed by atoms with Gasteiger partial charge in [0.05, 0.1) is 12.1 Å². The SMILES string of the molecule is Clc1ccc2cccnc2c1CN1CCO[C@@H](c2nccs2)C1. The third-order valence-electron chi connectivity index (χ3n) is 4.08. The number of nitrogens with zero attached hydrogens (tertiary/aromatic N) is 3. The summed E-state index contributed by atoms with van der Waals surface area (Å²) in [7, 11) is 0. The third-order valence-corrected chi connectivity index (χ3v) is 5.30. The maximum absolute atomic E-state index is 6.45. The lowest BCUT2D eigenvalue weighted by molar-refractivity contribution is -0.0328. The quantitative estimate of drug-likeness (QED) is 0.721. The Morgan fingerprint density at radius 1 is 1.26 bits per heavy atom. The van der Waals surface area contributed by atoms with Crippen molar-refractivity contribution in [3.63, 3.8) is 0 Å². The molecule has 1 aromatic carbocycles. The van der Waals surface area contributed by atoms with Gasteiger partial charge in [0.25, 0.3) is 0 Å². The van der Waals surface area contributed by atoms with Crippen LogP contribution in [0.2, 0.25) is 5.02 Å². The molecule has 2 aromatic heterocycles. The minimum absolute atomic E-state index is 0.0467. The molecule has 6 heteroatoms. The first-order chi connectivity index (χ1) is 11.3. The molecular formula is C17H16ClN3OS. The van der Waals surface area contributed by atoms with E-state index in [2.05, 4.69) is 20.9 Å². The van der Waals surface area contributed by atoms with Gasteiger partial charge in [-0.2, -0.15) is 0 Å². The van der Waals surface area contributed by atoms with Crippen LogP contribution in [-0.2, 0) is 11.3 Å². The van der Waals surface area contributed by atoms with Crippen LogP contribution in [0.25, 0.3) is 10.9 Å². The van der Waals surface area contributed by atoms with Crippen molar-refractivity contribution in [3.8, 4) is 0 Å². The van der Waals surface area contributed by atoms with Gasteiger partial charge in [-0.05, 0) is 12.1 Å². The first-order valence-corrected chi connectivity index (χ1v) is 8.82. The predicted molar refractivity (Wildman–Crippen MR) is 92.8 cm³/mol. The number of hydrogen-bond acceptors (Lipinski definition) is 5. The number of aromatic nitrogens is 2. The van der Waals surface area contributed by atoms with Gasteiger partial charge in [0, 0.05) is 53.4 Å². The Morgan fingerprint density at radius 3 is 3.09 bits per heavy atom. The predicted octanol–water partition coefficient (Wildman–Crippen LogP) is 3.92. The summed E-state index contributed by atoms with van der Waals surface area (Å²) >= 11 is 8.09. The molecule has 0 N–H and O–H groups in total. The molecule has 3 aromatic rings. The van der Waals surface area contributed by atoms with Crippen molar-refractivity contribution in [2.24, 2.45) is 0 Å². The lowest BCUT2D eigenvalue weighted by Gasteiger charge is -2.32. The van der Waals surface area contributed by atoms with Gasteiger partial charge in [-0.15, -0.1) is 11.3 Å². The molecule has 3 heterocycles. The van der Waals surface area contributed by atoms with Gasteiger partial charge in [0.2, 0.25) is 0 Å². The lowest BCUT2D eigenvalue weighted by atomic mass is 10.1. The Bertz CT molecular complexity index is 809. The van der Waals surface area contributed by atoms with Crippen LogP contribution in [0.3, 0.4) is 0 Å². The molecule has 0 amide bonds. The molecule has 1 saturated heterocycles. The molecule has 4 nitrogen and oxygen atoms in total. The molecule has 1 atom stereocenters. The zero-order valence-electron chi connectivity index (χ0n) is 12.5. The lowest BCUT2D eigenvalue weighted by Crippen LogP contribution is -2.37. The fourth-order valence-electron chi connectivity index (χ4n) is 2.94. The number of pyridine rings is 1. The summed E-state index contributed by atoms with van der Waals surface area (Å²) < 4.78 is 5.87. The van der Waals surface area contributed by atoms with Crippen LogP contribution in [0.1, 0.15) is 16.7 Å². The van der Waals surface area contributed by atoms with Crippen LogP contribution in [-0.4, -0.2) is 34.6 Å². The summed E-state index contributed by atoms with van der Waals surface area (Å²) in [6, 6.07) is 8.00. The van der Waals surface area contributed by atoms with Crippen molar-refractivity contribution in [1.29, 1.82) is 0 Å². The van der Waals surface area contributed by atoms with Gasteiger partial charge < -0.3 is 4.74 Å². The highest BCUT2D eigenvalue weighted by atomic mass is 35.5. The fourth-order valence-corrected chi connectivity index (χ4v) is 3.83. The van der Waals surface area contributed by atoms with Crippen LogP contribution in [0.5, 0.6) is 0 Å². The number of halogens is 1. The van der Waals surface area contributed by atoms with Crippen molar-refractivity contribution in [2.45, 2.75) is 12.6 Å². The average molecular weight is 346 g/mol. The molecule has 0 aliphatic carbocycles. The topological polar surface area (TPSA) is 38.2 Å². The van der Waals surface area contributed by atoms with E-state index in [0.29, 0.717) is 6.61 Å². The summed E-state index contributed by atoms with van der Waals surface area (Å²) in [5.41, 5.74) is 2.07. The highest BCUT2D eigenvalue weighted by molar-refractivity contribution is 7.09. The smallest absolute Gasteiger partial charge is 0.123 e. The largest absolute Gasteiger partial charge is 0.368 e. The van der Waals surface area contributed by atoms with E-state index in [4.69, 9.17) is 16.3 Å². The zero-order chi connectivity index (χ0) is 15.6. The van der Waals surface area contributed by atoms with Gasteiger partial charge >= 0.3 is 0 Å². The number of fused-ring (bicyclic) bond motifs is 1. The van der Waals surface area contributed by atoms with Crippen molar-refractivity contribution in [1.82, 2.24) is 14.9 Å². The van der Waals surface area contributed by atoms with Crippen LogP contribution in [0, 0.1) is 0 Å². The first-order valence-electron chi connectivity index (χ1n) is 7.57. The molecule has 118 valence electrons. The van der Waals surface area contributed by atoms with Gasteiger partial charge in [0.1, 0.15) is 11.1 Å². The highest BCUT2D eigenvalue weighted by Crippen LogP contribution is 2.29. The van der Waals surface area contributed by atoms with E-state index >= 15 is 0 Å². The Morgan fingerprint density at radius 2 is 2.22 bits per heavy atom. The molecule has 0 bridgehead atoms. The van der Waals surface area contributed by atoms with Crippen molar-refractivity contribution < 1.29 is 4.74 Å². The van der Waals surface area contributed by atoms with E-state index in [-0.39, 0.29) is 6.10 Å². The molecule has 1 fully saturated rings. The fraction of sp³-hybridized carbons (Fsp3) is 0.294. The number of benzene rings is 1. The van der Waals surface area contributed by atoms with E-state index in [1.807, 2.05) is 36.0 Å². The Balaban J connectivity index is 1.59. The van der Waals surface area contributed by atoms with Gasteiger partial charge in [0.15, 0.2) is 0 Å². The van der Waals surface area contributed by atoms with Gasteiger partial charge in [-0.3, -0.25) is 9.88 Å². The summed E-state index contributed by atoms with van der Waals surface area (Å²) in [6.07, 6.45) is 3.69. The Kier molecular flexibility index (Phi) is 4.27. The van der Waals surface area contributed by atoms with Gasteiger partial charge in [-0.1, -0.05) is 23.7 Å². The summed E-state index contributed by atoms with van der Waals surface area (Å²) in [4.78, 5) is 11.3. The average Bonchev–Trinajstić information content (AvgIpc) is 3.12. The van der Waals surface area contributed by atoms with Crippen LogP contribution in [0.4, 0.5) is 0 Å². The van der Waals surface area contributed by atoms with Crippen molar-refractivity contribution >= 4 is 33.8 Å². The maximum atomic E-state index is 6.45. The molecular weight excluding hydrogens is 330 g/mol. The van der Waals surface area contributed by atoms with E-state index in [1.165, 1.54) is 0 Å². The maximum Gasteiger partial charge on any atom is 0.123 e. The Hall–Kier alpha value is -1.53. The van der Waals surface area contributed by atoms with E-state index in [0.717, 1.165) is 46.1 Å². The normalized spacial score (nSPS) is 19.3. The third kappa shape index (κ3) is 3.10. The van der Waals surface area contributed by atoms with Crippen molar-refractivity contribution in [3.05, 3.63) is 57.6 Å². The second-order valence-corrected chi connectivity index (χ2v) is 6.90. The summed E-state index contributed by atoms with van der Waals surface area (Å²) in [6.45, 7) is 3.20. The molecule has 0 spiro atoms. The molecule has 4 rings (SSSR count). The van der Waals surface area contributed by atoms with Gasteiger partial charge in [-0.25, -0.2) is 4.98 Å². The van der Waals surface area contributed by atoms with Crippen LogP contribution in [0.15, 0.2) is 42.0 Å². The monoisotopic (exact) mass is 345 g/mol. The number of hydrogen-bond donors (Lipinski definition) is 0. The molecule has 1 aliphatic heterocycles. The first kappa shape index (κ1) is 15.0. The number of ether oxygens (including phenoxy) is 1. The summed E-state index contributed by atoms with van der Waals surface area (Å²) in [5.74, 6) is 0. The number of rotatable bonds is 3. The standard InChI is InChI=1S/C17H16ClN3OS/c18-14-4-3-12-2-1-5-19-16(12)13(14)10-21-7-8-22-15(11-21)17-20-6-9-23-17/h1-6,9,15H,7-8,10-11H2/t15-/m1/s1. The van der Waals surface area contributed by atoms with E-state index in [1.54, 1.807) is 11.3 Å². The van der Waals surface area contributed by atoms with Crippen molar-refractivity contribution in [2.75, 3.05) is 19.7 Å². The molecule has 0 unspecified atom stereocenters. The molecule has 1 aliphatic rings. The van der Waals surface area contributed by atoms with Crippen LogP contribution < -0.4 is 0 Å². The number of thiazole rings is 1. The van der Waals surface area contributed by atoms with E-state index < -0.39 is 0 Å². The molecule has 0 saturated carbocycles. The second-order valence-electron chi connectivity index (χ2n) is 5.57. The molecule has 23 heavy (non-hydrogen) atoms. The molecule has 0 radical (unpaired) electrons. The highest BCUT2D eigenvalue weighted by Gasteiger charge is 2.24. The number of morpholine rings is 1. The minimum Gasteiger partial charge on any atom is -0.368 e.